The van der Waals surface area contributed by atoms with Crippen LogP contribution < -0.4 is 19.7 Å². The normalized spacial score (nSPS) is 13.4. The number of nitrogens with zero attached hydrogens (tertiary/aromatic N) is 1. The molecular formula is C23H23ClN2O6. The number of esters is 1. The summed E-state index contributed by atoms with van der Waals surface area (Å²) in [7, 11) is 2.91. The van der Waals surface area contributed by atoms with Crippen molar-refractivity contribution in [2.75, 3.05) is 31.0 Å². The minimum Gasteiger partial charge on any atom is -0.497 e. The Bertz CT molecular complexity index is 1080. The molecule has 0 saturated heterocycles. The van der Waals surface area contributed by atoms with E-state index in [0.717, 1.165) is 17.7 Å². The van der Waals surface area contributed by atoms with E-state index in [9.17, 15) is 14.4 Å². The summed E-state index contributed by atoms with van der Waals surface area (Å²) in [5.41, 5.74) is 0.846. The lowest BCUT2D eigenvalue weighted by atomic mass is 10.2. The van der Waals surface area contributed by atoms with Gasteiger partial charge in [-0.3, -0.25) is 9.59 Å². The molecule has 0 atom stereocenters. The zero-order chi connectivity index (χ0) is 23.3. The van der Waals surface area contributed by atoms with E-state index in [0.29, 0.717) is 23.6 Å². The zero-order valence-corrected chi connectivity index (χ0v) is 18.7. The fourth-order valence-electron chi connectivity index (χ4n) is 3.06. The topological polar surface area (TPSA) is 94.2 Å². The molecule has 8 nitrogen and oxygen atoms in total. The number of methoxy groups -OCH3 is 2. The molecule has 1 heterocycles. The molecule has 0 spiro atoms. The molecule has 0 aliphatic carbocycles. The van der Waals surface area contributed by atoms with Gasteiger partial charge in [-0.15, -0.1) is 0 Å². The van der Waals surface area contributed by atoms with Gasteiger partial charge in [-0.25, -0.2) is 9.69 Å². The highest BCUT2D eigenvalue weighted by molar-refractivity contribution is 6.53. The zero-order valence-electron chi connectivity index (χ0n) is 17.9. The summed E-state index contributed by atoms with van der Waals surface area (Å²) in [5, 5.41) is 2.58. The first kappa shape index (κ1) is 23.1. The van der Waals surface area contributed by atoms with Crippen molar-refractivity contribution in [3.05, 3.63) is 58.8 Å². The van der Waals surface area contributed by atoms with Crippen LogP contribution in [-0.2, 0) is 14.3 Å². The second kappa shape index (κ2) is 10.2. The van der Waals surface area contributed by atoms with E-state index < -0.39 is 17.8 Å². The Morgan fingerprint density at radius 2 is 1.84 bits per heavy atom. The van der Waals surface area contributed by atoms with Crippen LogP contribution in [0.15, 0.2) is 53.2 Å². The fraction of sp³-hybridized carbons (Fsp3) is 0.261. The third kappa shape index (κ3) is 4.70. The lowest BCUT2D eigenvalue weighted by Gasteiger charge is -2.18. The van der Waals surface area contributed by atoms with E-state index in [1.54, 1.807) is 30.3 Å². The summed E-state index contributed by atoms with van der Waals surface area (Å²) in [5.74, 6) is -1.05. The molecule has 0 radical (unpaired) electrons. The smallest absolute Gasteiger partial charge is 0.338 e. The van der Waals surface area contributed by atoms with Gasteiger partial charge < -0.3 is 19.5 Å². The Morgan fingerprint density at radius 3 is 2.53 bits per heavy atom. The number of rotatable bonds is 9. The number of amides is 2. The maximum absolute atomic E-state index is 13.1. The number of ether oxygens (including phenoxy) is 3. The molecule has 168 valence electrons. The monoisotopic (exact) mass is 458 g/mol. The molecular weight excluding hydrogens is 436 g/mol. The van der Waals surface area contributed by atoms with Crippen molar-refractivity contribution in [2.24, 2.45) is 0 Å². The lowest BCUT2D eigenvalue weighted by molar-refractivity contribution is -0.120. The summed E-state index contributed by atoms with van der Waals surface area (Å²) in [4.78, 5) is 39.0. The second-order valence-corrected chi connectivity index (χ2v) is 7.25. The predicted molar refractivity (Wildman–Crippen MR) is 120 cm³/mol. The van der Waals surface area contributed by atoms with Crippen molar-refractivity contribution in [1.82, 2.24) is 0 Å². The quantitative estimate of drug-likeness (QED) is 0.343. The van der Waals surface area contributed by atoms with Gasteiger partial charge in [0.15, 0.2) is 0 Å². The standard InChI is InChI=1S/C23H23ClN2O6/c1-4-5-11-32-23(29)14-7-6-8-15(12-14)25-20-19(24)21(27)26(22(20)28)17-10-9-16(30-2)13-18(17)31-3/h6-10,12-13,25H,4-5,11H2,1-3H3. The molecule has 0 bridgehead atoms. The van der Waals surface area contributed by atoms with Crippen LogP contribution >= 0.6 is 11.6 Å². The first-order chi connectivity index (χ1) is 15.4. The number of hydrogen-bond donors (Lipinski definition) is 1. The molecule has 3 rings (SSSR count). The van der Waals surface area contributed by atoms with Crippen molar-refractivity contribution in [1.29, 1.82) is 0 Å². The molecule has 1 aliphatic rings. The van der Waals surface area contributed by atoms with Gasteiger partial charge in [0.1, 0.15) is 22.2 Å². The predicted octanol–water partition coefficient (Wildman–Crippen LogP) is 4.10. The van der Waals surface area contributed by atoms with Crippen LogP contribution in [-0.4, -0.2) is 38.6 Å². The largest absolute Gasteiger partial charge is 0.497 e. The Kier molecular flexibility index (Phi) is 7.37. The second-order valence-electron chi connectivity index (χ2n) is 6.87. The Labute approximate surface area is 190 Å². The summed E-state index contributed by atoms with van der Waals surface area (Å²) in [6.07, 6.45) is 1.68. The maximum Gasteiger partial charge on any atom is 0.338 e. The lowest BCUT2D eigenvalue weighted by Crippen LogP contribution is -2.32. The first-order valence-electron chi connectivity index (χ1n) is 9.96. The molecule has 0 aromatic heterocycles. The van der Waals surface area contributed by atoms with Crippen molar-refractivity contribution in [2.45, 2.75) is 19.8 Å². The average Bonchev–Trinajstić information content (AvgIpc) is 3.02. The van der Waals surface area contributed by atoms with E-state index in [-0.39, 0.29) is 22.2 Å². The van der Waals surface area contributed by atoms with Gasteiger partial charge in [-0.05, 0) is 36.8 Å². The molecule has 2 aromatic carbocycles. The van der Waals surface area contributed by atoms with Gasteiger partial charge in [0.2, 0.25) is 0 Å². The molecule has 1 aliphatic heterocycles. The highest BCUT2D eigenvalue weighted by Gasteiger charge is 2.40. The SMILES string of the molecule is CCCCOC(=O)c1cccc(NC2=C(Cl)C(=O)N(c3ccc(OC)cc3OC)C2=O)c1. The molecule has 2 aromatic rings. The first-order valence-corrected chi connectivity index (χ1v) is 10.3. The van der Waals surface area contributed by atoms with Gasteiger partial charge in [0.25, 0.3) is 11.8 Å². The minimum absolute atomic E-state index is 0.106. The van der Waals surface area contributed by atoms with Crippen LogP contribution in [0.4, 0.5) is 11.4 Å². The number of benzene rings is 2. The number of hydrogen-bond acceptors (Lipinski definition) is 7. The third-order valence-corrected chi connectivity index (χ3v) is 5.10. The van der Waals surface area contributed by atoms with E-state index in [1.807, 2.05) is 6.92 Å². The molecule has 32 heavy (non-hydrogen) atoms. The van der Waals surface area contributed by atoms with Crippen LogP contribution in [0, 0.1) is 0 Å². The van der Waals surface area contributed by atoms with Gasteiger partial charge in [0, 0.05) is 11.8 Å². The van der Waals surface area contributed by atoms with Crippen molar-refractivity contribution < 1.29 is 28.6 Å². The van der Waals surface area contributed by atoms with Crippen molar-refractivity contribution in [3.63, 3.8) is 0 Å². The van der Waals surface area contributed by atoms with Crippen LogP contribution in [0.5, 0.6) is 11.5 Å². The van der Waals surface area contributed by atoms with Crippen molar-refractivity contribution >= 4 is 40.8 Å². The van der Waals surface area contributed by atoms with Crippen LogP contribution in [0.3, 0.4) is 0 Å². The van der Waals surface area contributed by atoms with Gasteiger partial charge >= 0.3 is 5.97 Å². The maximum atomic E-state index is 13.1. The minimum atomic E-state index is -0.697. The van der Waals surface area contributed by atoms with Gasteiger partial charge in [-0.2, -0.15) is 0 Å². The van der Waals surface area contributed by atoms with Gasteiger partial charge in [-0.1, -0.05) is 31.0 Å². The Morgan fingerprint density at radius 1 is 1.06 bits per heavy atom. The number of carbonyl (C=O) groups excluding carboxylic acids is 3. The Hall–Kier alpha value is -3.52. The molecule has 1 N–H and O–H groups in total. The average molecular weight is 459 g/mol. The fourth-order valence-corrected chi connectivity index (χ4v) is 3.27. The van der Waals surface area contributed by atoms with Crippen molar-refractivity contribution in [3.8, 4) is 11.5 Å². The van der Waals surface area contributed by atoms with E-state index in [4.69, 9.17) is 25.8 Å². The number of imide groups is 1. The number of halogens is 1. The summed E-state index contributed by atoms with van der Waals surface area (Å²) in [6, 6.07) is 11.1. The number of carbonyl (C=O) groups is 3. The summed E-state index contributed by atoms with van der Waals surface area (Å²) < 4.78 is 15.7. The summed E-state index contributed by atoms with van der Waals surface area (Å²) in [6.45, 7) is 2.33. The van der Waals surface area contributed by atoms with E-state index in [2.05, 4.69) is 5.32 Å². The number of anilines is 2. The Balaban J connectivity index is 1.83. The summed E-state index contributed by atoms with van der Waals surface area (Å²) >= 11 is 6.21. The molecule has 0 saturated carbocycles. The molecule has 9 heteroatoms. The number of unbranched alkanes of at least 4 members (excludes halogenated alkanes) is 1. The third-order valence-electron chi connectivity index (χ3n) is 4.75. The van der Waals surface area contributed by atoms with Crippen LogP contribution in [0.25, 0.3) is 0 Å². The van der Waals surface area contributed by atoms with E-state index in [1.165, 1.54) is 26.4 Å². The molecule has 0 fully saturated rings. The highest BCUT2D eigenvalue weighted by Crippen LogP contribution is 2.37. The molecule has 2 amide bonds. The van der Waals surface area contributed by atoms with E-state index >= 15 is 0 Å². The number of nitrogens with one attached hydrogen (secondary N) is 1. The van der Waals surface area contributed by atoms with Crippen LogP contribution in [0.2, 0.25) is 0 Å². The molecule has 0 unspecified atom stereocenters. The van der Waals surface area contributed by atoms with Crippen LogP contribution in [0.1, 0.15) is 30.1 Å². The highest BCUT2D eigenvalue weighted by atomic mass is 35.5. The van der Waals surface area contributed by atoms with Gasteiger partial charge in [0.05, 0.1) is 32.1 Å².